The van der Waals surface area contributed by atoms with Crippen molar-refractivity contribution in [1.29, 1.82) is 0 Å². The summed E-state index contributed by atoms with van der Waals surface area (Å²) in [5.41, 5.74) is 0.0645. The van der Waals surface area contributed by atoms with Gasteiger partial charge >= 0.3 is 0 Å². The van der Waals surface area contributed by atoms with Crippen LogP contribution in [0.15, 0.2) is 0 Å². The molecule has 84 valence electrons. The van der Waals surface area contributed by atoms with E-state index < -0.39 is 12.2 Å². The fraction of sp³-hybridized carbons (Fsp3) is 0.429. The van der Waals surface area contributed by atoms with Crippen molar-refractivity contribution < 1.29 is 10.2 Å². The molecular formula is C7H6BrCl3N2O2. The third-order valence-corrected chi connectivity index (χ3v) is 3.05. The number of halogens is 4. The van der Waals surface area contributed by atoms with E-state index in [0.29, 0.717) is 0 Å². The van der Waals surface area contributed by atoms with Gasteiger partial charge in [0, 0.05) is 5.33 Å². The number of aromatic nitrogens is 2. The van der Waals surface area contributed by atoms with Gasteiger partial charge in [-0.15, -0.1) is 0 Å². The lowest BCUT2D eigenvalue weighted by molar-refractivity contribution is 0.0339. The maximum atomic E-state index is 9.67. The molecule has 15 heavy (non-hydrogen) atoms. The highest BCUT2D eigenvalue weighted by Gasteiger charge is 2.24. The average Bonchev–Trinajstić information content (AvgIpc) is 2.14. The van der Waals surface area contributed by atoms with Crippen LogP contribution in [0.3, 0.4) is 0 Å². The second-order valence-corrected chi connectivity index (χ2v) is 4.36. The van der Waals surface area contributed by atoms with E-state index in [1.165, 1.54) is 0 Å². The van der Waals surface area contributed by atoms with Crippen LogP contribution in [0.4, 0.5) is 0 Å². The predicted octanol–water partition coefficient (Wildman–Crippen LogP) is 2.23. The van der Waals surface area contributed by atoms with Crippen LogP contribution in [0.2, 0.25) is 15.6 Å². The SMILES string of the molecule is OC(CBr)C(O)c1c(Cl)nc(Cl)nc1Cl. The van der Waals surface area contributed by atoms with Crippen LogP contribution in [0.1, 0.15) is 11.7 Å². The van der Waals surface area contributed by atoms with Gasteiger partial charge in [0.15, 0.2) is 0 Å². The highest BCUT2D eigenvalue weighted by molar-refractivity contribution is 9.09. The number of rotatable bonds is 3. The summed E-state index contributed by atoms with van der Waals surface area (Å²) in [5, 5.41) is 19.0. The van der Waals surface area contributed by atoms with E-state index in [1.54, 1.807) is 0 Å². The Balaban J connectivity index is 3.13. The molecule has 0 aliphatic carbocycles. The van der Waals surface area contributed by atoms with Crippen molar-refractivity contribution in [3.63, 3.8) is 0 Å². The molecule has 0 aromatic carbocycles. The summed E-state index contributed by atoms with van der Waals surface area (Å²) in [5.74, 6) is 0. The fourth-order valence-electron chi connectivity index (χ4n) is 0.913. The van der Waals surface area contributed by atoms with Crippen LogP contribution in [-0.2, 0) is 0 Å². The first-order valence-electron chi connectivity index (χ1n) is 3.78. The molecule has 1 aromatic heterocycles. The van der Waals surface area contributed by atoms with E-state index in [-0.39, 0.29) is 26.5 Å². The number of nitrogens with zero attached hydrogens (tertiary/aromatic N) is 2. The minimum absolute atomic E-state index is 0.0645. The molecule has 2 atom stereocenters. The van der Waals surface area contributed by atoms with Crippen molar-refractivity contribution in [3.05, 3.63) is 21.2 Å². The number of alkyl halides is 1. The van der Waals surface area contributed by atoms with Gasteiger partial charge in [-0.05, 0) is 11.6 Å². The molecule has 8 heteroatoms. The normalized spacial score (nSPS) is 15.1. The summed E-state index contributed by atoms with van der Waals surface area (Å²) in [4.78, 5) is 7.24. The van der Waals surface area contributed by atoms with Gasteiger partial charge in [0.1, 0.15) is 16.4 Å². The predicted molar refractivity (Wildman–Crippen MR) is 61.8 cm³/mol. The highest BCUT2D eigenvalue weighted by atomic mass is 79.9. The summed E-state index contributed by atoms with van der Waals surface area (Å²) >= 11 is 20.0. The van der Waals surface area contributed by atoms with Gasteiger partial charge in [0.25, 0.3) is 0 Å². The first kappa shape index (κ1) is 13.4. The quantitative estimate of drug-likeness (QED) is 0.505. The number of aliphatic hydroxyl groups is 2. The van der Waals surface area contributed by atoms with Crippen LogP contribution >= 0.6 is 50.7 Å². The zero-order chi connectivity index (χ0) is 11.6. The molecule has 0 spiro atoms. The Morgan fingerprint density at radius 3 is 2.00 bits per heavy atom. The van der Waals surface area contributed by atoms with Crippen LogP contribution in [0.25, 0.3) is 0 Å². The maximum absolute atomic E-state index is 9.67. The summed E-state index contributed by atoms with van der Waals surface area (Å²) in [6, 6.07) is 0. The minimum atomic E-state index is -1.26. The van der Waals surface area contributed by atoms with E-state index in [4.69, 9.17) is 34.8 Å². The van der Waals surface area contributed by atoms with E-state index in [0.717, 1.165) is 0 Å². The second kappa shape index (κ2) is 5.61. The molecule has 0 radical (unpaired) electrons. The van der Waals surface area contributed by atoms with E-state index >= 15 is 0 Å². The molecule has 2 N–H and O–H groups in total. The van der Waals surface area contributed by atoms with Crippen LogP contribution < -0.4 is 0 Å². The zero-order valence-electron chi connectivity index (χ0n) is 7.16. The van der Waals surface area contributed by atoms with Crippen molar-refractivity contribution in [3.8, 4) is 0 Å². The summed E-state index contributed by atoms with van der Waals surface area (Å²) < 4.78 is 0. The Hall–Kier alpha value is 0.350. The maximum Gasteiger partial charge on any atom is 0.225 e. The van der Waals surface area contributed by atoms with Gasteiger partial charge in [-0.1, -0.05) is 39.1 Å². The number of aliphatic hydroxyl groups excluding tert-OH is 2. The fourth-order valence-corrected chi connectivity index (χ4v) is 2.13. The molecule has 0 aliphatic rings. The lowest BCUT2D eigenvalue weighted by atomic mass is 10.1. The lowest BCUT2D eigenvalue weighted by Gasteiger charge is -2.17. The lowest BCUT2D eigenvalue weighted by Crippen LogP contribution is -2.20. The molecule has 4 nitrogen and oxygen atoms in total. The van der Waals surface area contributed by atoms with Gasteiger partial charge in [0.2, 0.25) is 5.28 Å². The Morgan fingerprint density at radius 1 is 1.13 bits per heavy atom. The average molecular weight is 336 g/mol. The molecule has 2 unspecified atom stereocenters. The Bertz CT molecular complexity index is 343. The van der Waals surface area contributed by atoms with E-state index in [9.17, 15) is 10.2 Å². The standard InChI is InChI=1S/C7H6BrCl3N2O2/c8-1-2(14)4(15)3-5(9)12-7(11)13-6(3)10/h2,4,14-15H,1H2. The van der Waals surface area contributed by atoms with Gasteiger partial charge in [-0.3, -0.25) is 0 Å². The Kier molecular flexibility index (Phi) is 5.02. The smallest absolute Gasteiger partial charge is 0.225 e. The highest BCUT2D eigenvalue weighted by Crippen LogP contribution is 2.30. The third kappa shape index (κ3) is 3.15. The summed E-state index contributed by atoms with van der Waals surface area (Å²) in [7, 11) is 0. The summed E-state index contributed by atoms with van der Waals surface area (Å²) in [6.07, 6.45) is -2.31. The molecule has 0 aliphatic heterocycles. The number of hydrogen-bond donors (Lipinski definition) is 2. The second-order valence-electron chi connectivity index (χ2n) is 2.65. The molecule has 1 rings (SSSR count). The van der Waals surface area contributed by atoms with Gasteiger partial charge in [-0.25, -0.2) is 9.97 Å². The number of hydrogen-bond acceptors (Lipinski definition) is 4. The first-order chi connectivity index (χ1) is 6.97. The van der Waals surface area contributed by atoms with Crippen molar-refractivity contribution in [1.82, 2.24) is 9.97 Å². The molecular weight excluding hydrogens is 330 g/mol. The van der Waals surface area contributed by atoms with Gasteiger partial charge in [0.05, 0.1) is 11.7 Å². The molecule has 0 amide bonds. The molecule has 0 saturated carbocycles. The first-order valence-corrected chi connectivity index (χ1v) is 6.03. The largest absolute Gasteiger partial charge is 0.389 e. The summed E-state index contributed by atoms with van der Waals surface area (Å²) in [6.45, 7) is 0. The van der Waals surface area contributed by atoms with Crippen LogP contribution in [0.5, 0.6) is 0 Å². The van der Waals surface area contributed by atoms with Crippen molar-refractivity contribution >= 4 is 50.7 Å². The van der Waals surface area contributed by atoms with E-state index in [1.807, 2.05) is 0 Å². The molecule has 1 aromatic rings. The molecule has 0 bridgehead atoms. The Labute approximate surface area is 109 Å². The Morgan fingerprint density at radius 2 is 1.60 bits per heavy atom. The minimum Gasteiger partial charge on any atom is -0.389 e. The topological polar surface area (TPSA) is 66.2 Å². The van der Waals surface area contributed by atoms with Gasteiger partial charge in [-0.2, -0.15) is 0 Å². The van der Waals surface area contributed by atoms with Crippen molar-refractivity contribution in [2.45, 2.75) is 12.2 Å². The molecule has 0 saturated heterocycles. The van der Waals surface area contributed by atoms with Crippen LogP contribution in [0, 0.1) is 0 Å². The third-order valence-electron chi connectivity index (χ3n) is 1.64. The van der Waals surface area contributed by atoms with Gasteiger partial charge < -0.3 is 10.2 Å². The van der Waals surface area contributed by atoms with E-state index in [2.05, 4.69) is 25.9 Å². The molecule has 0 fully saturated rings. The molecule has 1 heterocycles. The zero-order valence-corrected chi connectivity index (χ0v) is 11.0. The monoisotopic (exact) mass is 334 g/mol. The van der Waals surface area contributed by atoms with Crippen LogP contribution in [-0.4, -0.2) is 31.6 Å². The van der Waals surface area contributed by atoms with Crippen molar-refractivity contribution in [2.24, 2.45) is 0 Å². The van der Waals surface area contributed by atoms with Crippen molar-refractivity contribution in [2.75, 3.05) is 5.33 Å².